The number of hydrogen-bond acceptors (Lipinski definition) is 6. The van der Waals surface area contributed by atoms with Gasteiger partial charge in [-0.1, -0.05) is 6.07 Å². The fraction of sp³-hybridized carbons (Fsp3) is 0.429. The van der Waals surface area contributed by atoms with Crippen molar-refractivity contribution in [1.29, 1.82) is 0 Å². The molecule has 3 aromatic heterocycles. The number of H-pyrrole nitrogens is 1. The number of piperidine rings is 1. The van der Waals surface area contributed by atoms with Gasteiger partial charge in [0.25, 0.3) is 0 Å². The molecule has 2 N–H and O–H groups in total. The fourth-order valence-corrected chi connectivity index (χ4v) is 4.53. The van der Waals surface area contributed by atoms with Crippen LogP contribution in [0.4, 0.5) is 5.95 Å². The third kappa shape index (κ3) is 4.64. The van der Waals surface area contributed by atoms with E-state index >= 15 is 0 Å². The van der Waals surface area contributed by atoms with Crippen LogP contribution in [0.15, 0.2) is 29.9 Å². The average molecular weight is 411 g/mol. The normalized spacial score (nSPS) is 14.9. The van der Waals surface area contributed by atoms with Crippen LogP contribution < -0.4 is 10.2 Å². The lowest BCUT2D eigenvalue weighted by Gasteiger charge is -2.31. The Bertz CT molecular complexity index is 939. The van der Waals surface area contributed by atoms with Crippen LogP contribution in [0, 0.1) is 19.8 Å². The topological polar surface area (TPSA) is 86.8 Å². The molecule has 1 amide bonds. The number of thiophene rings is 1. The average Bonchev–Trinajstić information content (AvgIpc) is 3.39. The van der Waals surface area contributed by atoms with Gasteiger partial charge in [0.1, 0.15) is 5.69 Å². The Labute approximate surface area is 174 Å². The van der Waals surface area contributed by atoms with E-state index in [1.54, 1.807) is 17.7 Å². The Kier molecular flexibility index (Phi) is 5.89. The minimum absolute atomic E-state index is 0.0516. The zero-order valence-corrected chi connectivity index (χ0v) is 17.6. The number of carbonyl (C=O) groups is 1. The lowest BCUT2D eigenvalue weighted by atomic mass is 9.96. The molecular weight excluding hydrogens is 384 g/mol. The summed E-state index contributed by atoms with van der Waals surface area (Å²) >= 11 is 1.67. The summed E-state index contributed by atoms with van der Waals surface area (Å²) in [6.45, 7) is 6.21. The predicted molar refractivity (Wildman–Crippen MR) is 115 cm³/mol. The number of nitrogens with one attached hydrogen (secondary N) is 2. The summed E-state index contributed by atoms with van der Waals surface area (Å²) in [4.78, 5) is 32.6. The van der Waals surface area contributed by atoms with E-state index in [0.29, 0.717) is 6.54 Å². The van der Waals surface area contributed by atoms with Gasteiger partial charge < -0.3 is 15.2 Å². The van der Waals surface area contributed by atoms with Crippen molar-refractivity contribution in [2.75, 3.05) is 24.5 Å². The van der Waals surface area contributed by atoms with Crippen LogP contribution in [0.3, 0.4) is 0 Å². The van der Waals surface area contributed by atoms with E-state index in [9.17, 15) is 4.79 Å². The van der Waals surface area contributed by atoms with Crippen molar-refractivity contribution in [3.8, 4) is 10.6 Å². The number of carbonyl (C=O) groups excluding carboxylic acids is 1. The highest BCUT2D eigenvalue weighted by atomic mass is 32.1. The third-order valence-corrected chi connectivity index (χ3v) is 6.14. The second-order valence-corrected chi connectivity index (χ2v) is 8.41. The van der Waals surface area contributed by atoms with Crippen molar-refractivity contribution < 1.29 is 4.79 Å². The lowest BCUT2D eigenvalue weighted by Crippen LogP contribution is -2.41. The van der Waals surface area contributed by atoms with Crippen molar-refractivity contribution in [2.45, 2.75) is 33.1 Å². The minimum Gasteiger partial charge on any atom is -0.355 e. The molecule has 0 aliphatic carbocycles. The number of imidazole rings is 1. The molecule has 3 aromatic rings. The zero-order chi connectivity index (χ0) is 20.2. The third-order valence-electron chi connectivity index (χ3n) is 5.27. The second-order valence-electron chi connectivity index (χ2n) is 7.46. The smallest absolute Gasteiger partial charge is 0.225 e. The molecule has 1 aliphatic rings. The highest BCUT2D eigenvalue weighted by Gasteiger charge is 2.26. The summed E-state index contributed by atoms with van der Waals surface area (Å²) in [5, 5.41) is 5.15. The summed E-state index contributed by atoms with van der Waals surface area (Å²) in [7, 11) is 0. The van der Waals surface area contributed by atoms with E-state index in [4.69, 9.17) is 0 Å². The van der Waals surface area contributed by atoms with Crippen LogP contribution in [-0.2, 0) is 11.2 Å². The molecule has 0 spiro atoms. The standard InChI is InChI=1S/C21H26N6OS/c1-14-12-15(2)26-21(25-14)27-9-6-16(7-10-27)20(28)22-8-5-17-19(24-13-23-17)18-4-3-11-29-18/h3-4,11-13,16H,5-10H2,1-2H3,(H,22,28)(H,23,24). The highest BCUT2D eigenvalue weighted by Crippen LogP contribution is 2.25. The van der Waals surface area contributed by atoms with Gasteiger partial charge in [-0.2, -0.15) is 0 Å². The Morgan fingerprint density at radius 2 is 2.03 bits per heavy atom. The molecule has 0 atom stereocenters. The molecule has 7 nitrogen and oxygen atoms in total. The van der Waals surface area contributed by atoms with Gasteiger partial charge >= 0.3 is 0 Å². The number of amides is 1. The molecule has 4 rings (SSSR count). The first-order valence-electron chi connectivity index (χ1n) is 10.0. The number of nitrogens with zero attached hydrogens (tertiary/aromatic N) is 4. The van der Waals surface area contributed by atoms with E-state index in [0.717, 1.165) is 66.0 Å². The number of hydrogen-bond donors (Lipinski definition) is 2. The zero-order valence-electron chi connectivity index (χ0n) is 16.8. The summed E-state index contributed by atoms with van der Waals surface area (Å²) in [5.74, 6) is 0.973. The fourth-order valence-electron chi connectivity index (χ4n) is 3.78. The van der Waals surface area contributed by atoms with Crippen molar-refractivity contribution in [3.05, 3.63) is 47.0 Å². The van der Waals surface area contributed by atoms with Crippen molar-refractivity contribution in [2.24, 2.45) is 5.92 Å². The van der Waals surface area contributed by atoms with E-state index in [-0.39, 0.29) is 11.8 Å². The maximum absolute atomic E-state index is 12.6. The van der Waals surface area contributed by atoms with Gasteiger partial charge in [0.15, 0.2) is 0 Å². The first-order chi connectivity index (χ1) is 14.1. The summed E-state index contributed by atoms with van der Waals surface area (Å²) < 4.78 is 0. The van der Waals surface area contributed by atoms with Gasteiger partial charge in [-0.15, -0.1) is 11.3 Å². The molecule has 8 heteroatoms. The summed E-state index contributed by atoms with van der Waals surface area (Å²) in [6.07, 6.45) is 4.12. The Morgan fingerprint density at radius 1 is 1.28 bits per heavy atom. The number of aromatic amines is 1. The largest absolute Gasteiger partial charge is 0.355 e. The van der Waals surface area contributed by atoms with Crippen LogP contribution in [0.1, 0.15) is 29.9 Å². The summed E-state index contributed by atoms with van der Waals surface area (Å²) in [5.41, 5.74) is 4.01. The maximum Gasteiger partial charge on any atom is 0.225 e. The molecule has 0 unspecified atom stereocenters. The number of rotatable bonds is 6. The van der Waals surface area contributed by atoms with Crippen LogP contribution in [-0.4, -0.2) is 45.5 Å². The molecule has 0 saturated carbocycles. The lowest BCUT2D eigenvalue weighted by molar-refractivity contribution is -0.125. The maximum atomic E-state index is 12.6. The van der Waals surface area contributed by atoms with Crippen molar-refractivity contribution in [3.63, 3.8) is 0 Å². The Morgan fingerprint density at radius 3 is 2.72 bits per heavy atom. The molecule has 1 fully saturated rings. The Hall–Kier alpha value is -2.74. The van der Waals surface area contributed by atoms with Crippen molar-refractivity contribution >= 4 is 23.2 Å². The SMILES string of the molecule is Cc1cc(C)nc(N2CCC(C(=O)NCCc3[nH]cnc3-c3cccs3)CC2)n1. The van der Waals surface area contributed by atoms with Gasteiger partial charge in [0.05, 0.1) is 11.2 Å². The molecule has 152 valence electrons. The van der Waals surface area contributed by atoms with Gasteiger partial charge in [-0.05, 0) is 44.2 Å². The van der Waals surface area contributed by atoms with Gasteiger partial charge in [0, 0.05) is 49.1 Å². The first kappa shape index (κ1) is 19.6. The molecule has 1 aliphatic heterocycles. The van der Waals surface area contributed by atoms with Crippen LogP contribution in [0.2, 0.25) is 0 Å². The van der Waals surface area contributed by atoms with Gasteiger partial charge in [0.2, 0.25) is 11.9 Å². The van der Waals surface area contributed by atoms with E-state index in [1.807, 2.05) is 31.4 Å². The molecule has 4 heterocycles. The highest BCUT2D eigenvalue weighted by molar-refractivity contribution is 7.13. The van der Waals surface area contributed by atoms with Gasteiger partial charge in [-0.25, -0.2) is 15.0 Å². The van der Waals surface area contributed by atoms with Crippen LogP contribution >= 0.6 is 11.3 Å². The van der Waals surface area contributed by atoms with E-state index in [1.165, 1.54) is 0 Å². The number of aromatic nitrogens is 4. The van der Waals surface area contributed by atoms with Crippen molar-refractivity contribution in [1.82, 2.24) is 25.3 Å². The molecule has 0 radical (unpaired) electrons. The molecular formula is C21H26N6OS. The Balaban J connectivity index is 1.26. The number of aryl methyl sites for hydroxylation is 2. The quantitative estimate of drug-likeness (QED) is 0.652. The molecule has 0 aromatic carbocycles. The first-order valence-corrected chi connectivity index (χ1v) is 10.9. The van der Waals surface area contributed by atoms with E-state index < -0.39 is 0 Å². The van der Waals surface area contributed by atoms with Crippen LogP contribution in [0.5, 0.6) is 0 Å². The summed E-state index contributed by atoms with van der Waals surface area (Å²) in [6, 6.07) is 6.07. The van der Waals surface area contributed by atoms with Crippen LogP contribution in [0.25, 0.3) is 10.6 Å². The molecule has 29 heavy (non-hydrogen) atoms. The monoisotopic (exact) mass is 410 g/mol. The second kappa shape index (κ2) is 8.73. The van der Waals surface area contributed by atoms with E-state index in [2.05, 4.69) is 36.2 Å². The molecule has 1 saturated heterocycles. The molecule has 0 bridgehead atoms. The van der Waals surface area contributed by atoms with Gasteiger partial charge in [-0.3, -0.25) is 4.79 Å². The number of anilines is 1. The minimum atomic E-state index is 0.0516. The predicted octanol–water partition coefficient (Wildman–Crippen LogP) is 3.12.